The highest BCUT2D eigenvalue weighted by atomic mass is 35.5. The summed E-state index contributed by atoms with van der Waals surface area (Å²) < 4.78 is 10.8. The summed E-state index contributed by atoms with van der Waals surface area (Å²) in [6.07, 6.45) is 0. The Morgan fingerprint density at radius 3 is 2.62 bits per heavy atom. The van der Waals surface area contributed by atoms with E-state index >= 15 is 0 Å². The molecule has 1 aromatic heterocycles. The Morgan fingerprint density at radius 1 is 1.34 bits per heavy atom. The van der Waals surface area contributed by atoms with Gasteiger partial charge in [-0.05, 0) is 13.5 Å². The summed E-state index contributed by atoms with van der Waals surface area (Å²) in [6, 6.07) is 2.57. The number of halogens is 2. The third-order valence-corrected chi connectivity index (χ3v) is 4.34. The number of rotatable bonds is 10. The lowest BCUT2D eigenvalue weighted by atomic mass is 10.1. The number of nitrogens with one attached hydrogen (secondary N) is 2. The summed E-state index contributed by atoms with van der Waals surface area (Å²) in [7, 11) is 1.41. The van der Waals surface area contributed by atoms with E-state index in [1.165, 1.54) is 30.6 Å². The van der Waals surface area contributed by atoms with Crippen molar-refractivity contribution in [2.75, 3.05) is 20.2 Å². The van der Waals surface area contributed by atoms with Gasteiger partial charge in [0.05, 0.1) is 29.3 Å². The van der Waals surface area contributed by atoms with Crippen LogP contribution in [0.15, 0.2) is 23.0 Å². The van der Waals surface area contributed by atoms with Crippen LogP contribution < -0.4 is 20.1 Å². The molecular weight excluding hydrogens is 443 g/mol. The summed E-state index contributed by atoms with van der Waals surface area (Å²) in [6.45, 7) is 5.11. The molecule has 2 aromatic rings. The van der Waals surface area contributed by atoms with Gasteiger partial charge in [0.2, 0.25) is 0 Å². The van der Waals surface area contributed by atoms with E-state index in [4.69, 9.17) is 9.47 Å². The summed E-state index contributed by atoms with van der Waals surface area (Å²) in [5, 5.41) is 19.1. The van der Waals surface area contributed by atoms with Crippen molar-refractivity contribution in [3.05, 3.63) is 44.4 Å². The van der Waals surface area contributed by atoms with Gasteiger partial charge in [-0.15, -0.1) is 36.2 Å². The van der Waals surface area contributed by atoms with Crippen LogP contribution in [-0.4, -0.2) is 42.1 Å². The minimum absolute atomic E-state index is 0. The number of hydrogen-bond acceptors (Lipinski definition) is 8. The lowest BCUT2D eigenvalue weighted by molar-refractivity contribution is -0.385. The molecule has 1 heterocycles. The highest BCUT2D eigenvalue weighted by molar-refractivity contribution is 7.07. The Hall–Kier alpha value is -2.14. The van der Waals surface area contributed by atoms with E-state index in [1.807, 2.05) is 19.2 Å². The molecule has 9 nitrogen and oxygen atoms in total. The van der Waals surface area contributed by atoms with Crippen molar-refractivity contribution < 1.29 is 19.2 Å². The Bertz CT molecular complexity index is 792. The number of aromatic nitrogens is 1. The summed E-state index contributed by atoms with van der Waals surface area (Å²) in [4.78, 5) is 27.4. The van der Waals surface area contributed by atoms with Crippen molar-refractivity contribution in [2.24, 2.45) is 0 Å². The van der Waals surface area contributed by atoms with Gasteiger partial charge in [0, 0.05) is 24.0 Å². The van der Waals surface area contributed by atoms with Gasteiger partial charge in [-0.2, -0.15) is 0 Å². The van der Waals surface area contributed by atoms with Gasteiger partial charge in [0.25, 0.3) is 11.6 Å². The van der Waals surface area contributed by atoms with E-state index in [0.29, 0.717) is 12.2 Å². The number of carbonyl (C=O) groups excluding carboxylic acids is 1. The monoisotopic (exact) mass is 466 g/mol. The fourth-order valence-corrected chi connectivity index (χ4v) is 2.92. The number of nitro groups is 1. The first-order valence-electron chi connectivity index (χ1n) is 8.34. The van der Waals surface area contributed by atoms with Crippen molar-refractivity contribution >= 4 is 47.7 Å². The number of nitrogens with zero attached hydrogens (tertiary/aromatic N) is 2. The topological polar surface area (TPSA) is 116 Å². The first-order chi connectivity index (χ1) is 13.0. The molecule has 0 aliphatic heterocycles. The fraction of sp³-hybridized carbons (Fsp3) is 0.412. The van der Waals surface area contributed by atoms with Gasteiger partial charge >= 0.3 is 0 Å². The Labute approximate surface area is 185 Å². The molecule has 12 heteroatoms. The zero-order valence-electron chi connectivity index (χ0n) is 16.2. The lowest BCUT2D eigenvalue weighted by Crippen LogP contribution is -2.39. The number of ether oxygens (including phenoxy) is 2. The molecule has 0 fully saturated rings. The van der Waals surface area contributed by atoms with Crippen LogP contribution >= 0.6 is 36.2 Å². The minimum atomic E-state index is -0.613. The van der Waals surface area contributed by atoms with Crippen LogP contribution in [0, 0.1) is 10.1 Å². The van der Waals surface area contributed by atoms with Crippen LogP contribution in [-0.2, 0) is 6.61 Å². The number of thiazole rings is 1. The predicted octanol–water partition coefficient (Wildman–Crippen LogP) is 3.21. The number of carbonyl (C=O) groups is 1. The van der Waals surface area contributed by atoms with E-state index in [-0.39, 0.29) is 60.2 Å². The first kappa shape index (κ1) is 26.9. The normalized spacial score (nSPS) is 10.9. The van der Waals surface area contributed by atoms with Crippen LogP contribution in [0.2, 0.25) is 0 Å². The SMILES string of the molecule is CCN[C@H](C)CNC(=O)c1cc(OC)c(OCc2cscn2)cc1[N+](=O)[O-].Cl.Cl. The molecule has 29 heavy (non-hydrogen) atoms. The zero-order valence-corrected chi connectivity index (χ0v) is 18.6. The quantitative estimate of drug-likeness (QED) is 0.407. The highest BCUT2D eigenvalue weighted by Crippen LogP contribution is 2.35. The molecule has 1 aromatic carbocycles. The van der Waals surface area contributed by atoms with Crippen molar-refractivity contribution in [3.63, 3.8) is 0 Å². The Kier molecular flexibility index (Phi) is 12.2. The summed E-state index contributed by atoms with van der Waals surface area (Å²) in [5.41, 5.74) is 1.93. The fourth-order valence-electron chi connectivity index (χ4n) is 2.38. The molecule has 0 aliphatic carbocycles. The van der Waals surface area contributed by atoms with Crippen LogP contribution in [0.5, 0.6) is 11.5 Å². The first-order valence-corrected chi connectivity index (χ1v) is 9.28. The molecule has 0 unspecified atom stereocenters. The average Bonchev–Trinajstić information content (AvgIpc) is 3.17. The maximum atomic E-state index is 12.5. The predicted molar refractivity (Wildman–Crippen MR) is 116 cm³/mol. The molecule has 162 valence electrons. The van der Waals surface area contributed by atoms with Gasteiger partial charge in [-0.25, -0.2) is 4.98 Å². The second-order valence-electron chi connectivity index (χ2n) is 5.71. The number of likely N-dealkylation sites (N-methyl/N-ethyl adjacent to an activating group) is 1. The second-order valence-corrected chi connectivity index (χ2v) is 6.43. The van der Waals surface area contributed by atoms with E-state index in [1.54, 1.807) is 5.51 Å². The van der Waals surface area contributed by atoms with Crippen LogP contribution in [0.25, 0.3) is 0 Å². The third kappa shape index (κ3) is 7.65. The molecule has 1 atom stereocenters. The number of nitro benzene ring substituents is 1. The zero-order chi connectivity index (χ0) is 19.8. The maximum Gasteiger partial charge on any atom is 0.286 e. The summed E-state index contributed by atoms with van der Waals surface area (Å²) in [5.74, 6) is -0.133. The molecule has 0 aliphatic rings. The van der Waals surface area contributed by atoms with E-state index < -0.39 is 10.8 Å². The molecule has 0 bridgehead atoms. The van der Waals surface area contributed by atoms with Gasteiger partial charge in [-0.3, -0.25) is 14.9 Å². The molecule has 2 N–H and O–H groups in total. The molecule has 0 saturated heterocycles. The van der Waals surface area contributed by atoms with Crippen LogP contribution in [0.4, 0.5) is 5.69 Å². The number of hydrogen-bond donors (Lipinski definition) is 2. The smallest absolute Gasteiger partial charge is 0.286 e. The summed E-state index contributed by atoms with van der Waals surface area (Å²) >= 11 is 1.42. The van der Waals surface area contributed by atoms with E-state index in [9.17, 15) is 14.9 Å². The second kappa shape index (κ2) is 13.2. The minimum Gasteiger partial charge on any atom is -0.493 e. The Morgan fingerprint density at radius 2 is 2.07 bits per heavy atom. The van der Waals surface area contributed by atoms with Gasteiger partial charge in [0.15, 0.2) is 11.5 Å². The molecule has 0 radical (unpaired) electrons. The van der Waals surface area contributed by atoms with Crippen LogP contribution in [0.1, 0.15) is 29.9 Å². The third-order valence-electron chi connectivity index (χ3n) is 3.70. The highest BCUT2D eigenvalue weighted by Gasteiger charge is 2.25. The maximum absolute atomic E-state index is 12.5. The Balaban J connectivity index is 0.00000392. The number of benzene rings is 1. The molecule has 2 rings (SSSR count). The van der Waals surface area contributed by atoms with Gasteiger partial charge in [0.1, 0.15) is 12.2 Å². The molecular formula is C17H24Cl2N4O5S. The van der Waals surface area contributed by atoms with E-state index in [0.717, 1.165) is 6.54 Å². The van der Waals surface area contributed by atoms with E-state index in [2.05, 4.69) is 15.6 Å². The van der Waals surface area contributed by atoms with Crippen LogP contribution in [0.3, 0.4) is 0 Å². The van der Waals surface area contributed by atoms with Gasteiger partial charge in [-0.1, -0.05) is 6.92 Å². The molecule has 1 amide bonds. The number of amides is 1. The average molecular weight is 467 g/mol. The standard InChI is InChI=1S/C17H22N4O5S.2ClH/c1-4-18-11(2)7-19-17(22)13-5-15(25-3)16(6-14(13)21(23)24)26-8-12-9-27-10-20-12;;/h5-6,9-11,18H,4,7-8H2,1-3H3,(H,19,22);2*1H/t11-;;/m1../s1. The molecule has 0 spiro atoms. The molecule has 0 saturated carbocycles. The van der Waals surface area contributed by atoms with Crippen molar-refractivity contribution in [1.82, 2.24) is 15.6 Å². The lowest BCUT2D eigenvalue weighted by Gasteiger charge is -2.15. The number of methoxy groups -OCH3 is 1. The largest absolute Gasteiger partial charge is 0.493 e. The van der Waals surface area contributed by atoms with Crippen molar-refractivity contribution in [3.8, 4) is 11.5 Å². The van der Waals surface area contributed by atoms with Crippen molar-refractivity contribution in [1.29, 1.82) is 0 Å². The van der Waals surface area contributed by atoms with Gasteiger partial charge < -0.3 is 20.1 Å². The van der Waals surface area contributed by atoms with Crippen molar-refractivity contribution in [2.45, 2.75) is 26.5 Å².